The van der Waals surface area contributed by atoms with Crippen LogP contribution in [-0.4, -0.2) is 16.2 Å². The summed E-state index contributed by atoms with van der Waals surface area (Å²) in [6, 6.07) is 3.47. The zero-order chi connectivity index (χ0) is 13.2. The lowest BCUT2D eigenvalue weighted by atomic mass is 10.2. The summed E-state index contributed by atoms with van der Waals surface area (Å²) in [4.78, 5) is 0. The van der Waals surface area contributed by atoms with E-state index in [9.17, 15) is 13.2 Å². The number of furan rings is 1. The van der Waals surface area contributed by atoms with Gasteiger partial charge < -0.3 is 9.73 Å². The molecule has 4 nitrogen and oxygen atoms in total. The van der Waals surface area contributed by atoms with E-state index in [1.807, 2.05) is 6.92 Å². The van der Waals surface area contributed by atoms with E-state index in [4.69, 9.17) is 4.42 Å². The van der Waals surface area contributed by atoms with Crippen LogP contribution in [0, 0.1) is 0 Å². The standard InChI is InChI=1S/C10H10F3N3OS/c1-6(5-7-3-2-4-17-7)14-9-16-15-8(18-9)10(11,12)13/h2-4,6H,5H2,1H3,(H,14,16). The van der Waals surface area contributed by atoms with Gasteiger partial charge >= 0.3 is 6.18 Å². The fourth-order valence-corrected chi connectivity index (χ4v) is 2.11. The van der Waals surface area contributed by atoms with Crippen molar-refractivity contribution in [2.75, 3.05) is 5.32 Å². The number of alkyl halides is 3. The molecule has 1 unspecified atom stereocenters. The minimum Gasteiger partial charge on any atom is -0.469 e. The first-order chi connectivity index (χ1) is 8.45. The summed E-state index contributed by atoms with van der Waals surface area (Å²) in [7, 11) is 0. The van der Waals surface area contributed by atoms with Gasteiger partial charge in [0.25, 0.3) is 0 Å². The van der Waals surface area contributed by atoms with Crippen molar-refractivity contribution < 1.29 is 17.6 Å². The highest BCUT2D eigenvalue weighted by Gasteiger charge is 2.35. The largest absolute Gasteiger partial charge is 0.469 e. The smallest absolute Gasteiger partial charge is 0.445 e. The average molecular weight is 277 g/mol. The number of hydrogen-bond donors (Lipinski definition) is 1. The van der Waals surface area contributed by atoms with Crippen molar-refractivity contribution in [1.82, 2.24) is 10.2 Å². The van der Waals surface area contributed by atoms with Gasteiger partial charge in [-0.25, -0.2) is 0 Å². The zero-order valence-electron chi connectivity index (χ0n) is 9.36. The summed E-state index contributed by atoms with van der Waals surface area (Å²) in [5.74, 6) is 0.760. The molecule has 2 aromatic heterocycles. The van der Waals surface area contributed by atoms with Gasteiger partial charge in [-0.3, -0.25) is 0 Å². The maximum atomic E-state index is 12.3. The molecule has 0 spiro atoms. The number of aromatic nitrogens is 2. The van der Waals surface area contributed by atoms with Gasteiger partial charge in [-0.2, -0.15) is 13.2 Å². The van der Waals surface area contributed by atoms with Crippen molar-refractivity contribution >= 4 is 16.5 Å². The molecular formula is C10H10F3N3OS. The van der Waals surface area contributed by atoms with E-state index < -0.39 is 11.2 Å². The molecule has 0 bridgehead atoms. The molecule has 1 atom stereocenters. The van der Waals surface area contributed by atoms with E-state index in [-0.39, 0.29) is 11.2 Å². The summed E-state index contributed by atoms with van der Waals surface area (Å²) in [5.41, 5.74) is 0. The van der Waals surface area contributed by atoms with Crippen LogP contribution in [0.3, 0.4) is 0 Å². The molecule has 8 heteroatoms. The van der Waals surface area contributed by atoms with Crippen molar-refractivity contribution in [3.63, 3.8) is 0 Å². The van der Waals surface area contributed by atoms with Crippen molar-refractivity contribution in [2.24, 2.45) is 0 Å². The average Bonchev–Trinajstić information content (AvgIpc) is 2.87. The second kappa shape index (κ2) is 4.97. The minimum absolute atomic E-state index is 0.0924. The molecule has 1 N–H and O–H groups in total. The van der Waals surface area contributed by atoms with Crippen LogP contribution in [0.4, 0.5) is 18.3 Å². The highest BCUT2D eigenvalue weighted by Crippen LogP contribution is 2.33. The van der Waals surface area contributed by atoms with Crippen LogP contribution in [-0.2, 0) is 12.6 Å². The van der Waals surface area contributed by atoms with E-state index in [0.29, 0.717) is 17.8 Å². The summed E-state index contributed by atoms with van der Waals surface area (Å²) >= 11 is 0.492. The number of anilines is 1. The molecule has 0 aromatic carbocycles. The lowest BCUT2D eigenvalue weighted by Crippen LogP contribution is -2.17. The highest BCUT2D eigenvalue weighted by atomic mass is 32.1. The fourth-order valence-electron chi connectivity index (χ4n) is 1.39. The molecule has 0 aliphatic carbocycles. The van der Waals surface area contributed by atoms with Gasteiger partial charge in [0.1, 0.15) is 5.76 Å². The van der Waals surface area contributed by atoms with Gasteiger partial charge in [-0.05, 0) is 19.1 Å². The number of nitrogens with one attached hydrogen (secondary N) is 1. The predicted molar refractivity (Wildman–Crippen MR) is 60.4 cm³/mol. The SMILES string of the molecule is CC(Cc1ccco1)Nc1nnc(C(F)(F)F)s1. The Bertz CT molecular complexity index is 495. The molecule has 0 aliphatic heterocycles. The molecule has 2 heterocycles. The van der Waals surface area contributed by atoms with E-state index >= 15 is 0 Å². The Kier molecular flexibility index (Phi) is 3.55. The molecule has 2 rings (SSSR count). The van der Waals surface area contributed by atoms with Gasteiger partial charge in [0.15, 0.2) is 0 Å². The summed E-state index contributed by atoms with van der Waals surface area (Å²) in [6.45, 7) is 1.83. The second-order valence-electron chi connectivity index (χ2n) is 3.74. The van der Waals surface area contributed by atoms with Crippen LogP contribution in [0.2, 0.25) is 0 Å². The molecule has 0 saturated carbocycles. The molecule has 98 valence electrons. The lowest BCUT2D eigenvalue weighted by Gasteiger charge is -2.10. The van der Waals surface area contributed by atoms with Crippen molar-refractivity contribution in [1.29, 1.82) is 0 Å². The molecular weight excluding hydrogens is 267 g/mol. The maximum Gasteiger partial charge on any atom is 0.445 e. The third kappa shape index (κ3) is 3.22. The normalized spacial score (nSPS) is 13.6. The lowest BCUT2D eigenvalue weighted by molar-refractivity contribution is -0.138. The van der Waals surface area contributed by atoms with Gasteiger partial charge in [0.2, 0.25) is 10.1 Å². The van der Waals surface area contributed by atoms with Crippen LogP contribution in [0.1, 0.15) is 17.7 Å². The first-order valence-electron chi connectivity index (χ1n) is 5.15. The van der Waals surface area contributed by atoms with Gasteiger partial charge in [-0.15, -0.1) is 10.2 Å². The Labute approximate surface area is 105 Å². The Morgan fingerprint density at radius 2 is 2.22 bits per heavy atom. The Balaban J connectivity index is 1.95. The summed E-state index contributed by atoms with van der Waals surface area (Å²) < 4.78 is 42.1. The number of hydrogen-bond acceptors (Lipinski definition) is 5. The number of halogens is 3. The van der Waals surface area contributed by atoms with E-state index in [1.54, 1.807) is 18.4 Å². The van der Waals surface area contributed by atoms with Crippen LogP contribution in [0.25, 0.3) is 0 Å². The highest BCUT2D eigenvalue weighted by molar-refractivity contribution is 7.15. The minimum atomic E-state index is -4.44. The number of rotatable bonds is 4. The Morgan fingerprint density at radius 3 is 2.78 bits per heavy atom. The van der Waals surface area contributed by atoms with Crippen LogP contribution in [0.5, 0.6) is 0 Å². The van der Waals surface area contributed by atoms with E-state index in [0.717, 1.165) is 5.76 Å². The van der Waals surface area contributed by atoms with E-state index in [1.165, 1.54) is 0 Å². The monoisotopic (exact) mass is 277 g/mol. The molecule has 0 saturated heterocycles. The molecule has 0 fully saturated rings. The van der Waals surface area contributed by atoms with Crippen molar-refractivity contribution in [2.45, 2.75) is 25.6 Å². The first-order valence-corrected chi connectivity index (χ1v) is 5.96. The van der Waals surface area contributed by atoms with Gasteiger partial charge in [0.05, 0.1) is 6.26 Å². The quantitative estimate of drug-likeness (QED) is 0.932. The fraction of sp³-hybridized carbons (Fsp3) is 0.400. The van der Waals surface area contributed by atoms with Gasteiger partial charge in [0, 0.05) is 12.5 Å². The first kappa shape index (κ1) is 12.9. The predicted octanol–water partition coefficient (Wildman–Crippen LogP) is 3.19. The maximum absolute atomic E-state index is 12.3. The molecule has 0 aliphatic rings. The van der Waals surface area contributed by atoms with Crippen LogP contribution >= 0.6 is 11.3 Å². The van der Waals surface area contributed by atoms with E-state index in [2.05, 4.69) is 15.5 Å². The van der Waals surface area contributed by atoms with Crippen LogP contribution in [0.15, 0.2) is 22.8 Å². The topological polar surface area (TPSA) is 51.0 Å². The Morgan fingerprint density at radius 1 is 1.44 bits per heavy atom. The molecule has 18 heavy (non-hydrogen) atoms. The molecule has 0 radical (unpaired) electrons. The molecule has 2 aromatic rings. The van der Waals surface area contributed by atoms with Crippen LogP contribution < -0.4 is 5.32 Å². The zero-order valence-corrected chi connectivity index (χ0v) is 10.2. The molecule has 0 amide bonds. The summed E-state index contributed by atoms with van der Waals surface area (Å²) in [5, 5.41) is 8.62. The third-order valence-electron chi connectivity index (χ3n) is 2.12. The van der Waals surface area contributed by atoms with Crippen molar-refractivity contribution in [3.05, 3.63) is 29.2 Å². The van der Waals surface area contributed by atoms with Gasteiger partial charge in [-0.1, -0.05) is 11.3 Å². The third-order valence-corrected chi connectivity index (χ3v) is 3.02. The Hall–Kier alpha value is -1.57. The number of nitrogens with zero attached hydrogens (tertiary/aromatic N) is 2. The summed E-state index contributed by atoms with van der Waals surface area (Å²) in [6.07, 6.45) is -2.33. The second-order valence-corrected chi connectivity index (χ2v) is 4.72. The van der Waals surface area contributed by atoms with Crippen molar-refractivity contribution in [3.8, 4) is 0 Å².